The Labute approximate surface area is 318 Å². The normalized spacial score (nSPS) is 12.2. The van der Waals surface area contributed by atoms with Gasteiger partial charge in [-0.3, -0.25) is 0 Å². The molecule has 0 saturated carbocycles. The van der Waals surface area contributed by atoms with Gasteiger partial charge >= 0.3 is 48.9 Å². The Balaban J connectivity index is -0.000000727. The van der Waals surface area contributed by atoms with E-state index in [-0.39, 0.29) is 61.7 Å². The Kier molecular flexibility index (Phi) is 46.4. The Hall–Kier alpha value is 1.09. The van der Waals surface area contributed by atoms with E-state index in [9.17, 15) is 19.8 Å². The standard InChI is InChI=1S/2C18H35ClO2.Ba/c2*1-2-3-14-17(19)15-12-10-8-6-4-5-7-9-11-13-16-18(20)21;/h2*17H,2-16H2,1H3,(H,20,21);/q;;+2/p-2. The monoisotopic (exact) mass is 772 g/mol. The number of carbonyl (C=O) groups is 2. The molecular formula is C36H68BaCl2O4. The first-order chi connectivity index (χ1) is 20.3. The molecule has 0 aromatic carbocycles. The van der Waals surface area contributed by atoms with Crippen LogP contribution in [0, 0.1) is 0 Å². The number of unbranched alkanes of at least 4 members (excludes halogenated alkanes) is 20. The zero-order valence-corrected chi connectivity index (χ0v) is 34.4. The first kappa shape index (κ1) is 48.5. The number of hydrogen-bond donors (Lipinski definition) is 0. The molecule has 0 N–H and O–H groups in total. The molecule has 0 aliphatic carbocycles. The van der Waals surface area contributed by atoms with Gasteiger partial charge < -0.3 is 19.8 Å². The van der Waals surface area contributed by atoms with Crippen LogP contribution in [0.25, 0.3) is 0 Å². The minimum Gasteiger partial charge on any atom is -0.550 e. The first-order valence-electron chi connectivity index (χ1n) is 18.0. The van der Waals surface area contributed by atoms with E-state index in [0.29, 0.717) is 10.8 Å². The Bertz CT molecular complexity index is 517. The summed E-state index contributed by atoms with van der Waals surface area (Å²) in [5.74, 6) is -1.83. The predicted molar refractivity (Wildman–Crippen MR) is 185 cm³/mol. The maximum absolute atomic E-state index is 10.2. The van der Waals surface area contributed by atoms with E-state index in [1.165, 1.54) is 154 Å². The molecule has 2 unspecified atom stereocenters. The molecule has 0 rings (SSSR count). The SMILES string of the molecule is CCCCC(Cl)CCCCCCCCCCCCC(=O)[O-].CCCCC(Cl)CCCCCCCCCCCCC(=O)[O-].[Ba+2]. The van der Waals surface area contributed by atoms with E-state index in [1.807, 2.05) is 0 Å². The fourth-order valence-corrected chi connectivity index (χ4v) is 5.86. The molecular weight excluding hydrogens is 705 g/mol. The fraction of sp³-hybridized carbons (Fsp3) is 0.944. The van der Waals surface area contributed by atoms with Gasteiger partial charge in [-0.05, 0) is 51.4 Å². The number of carbonyl (C=O) groups excluding carboxylic acids is 2. The largest absolute Gasteiger partial charge is 2.00 e. The molecule has 4 nitrogen and oxygen atoms in total. The van der Waals surface area contributed by atoms with Gasteiger partial charge in [0.25, 0.3) is 0 Å². The van der Waals surface area contributed by atoms with Crippen molar-refractivity contribution in [2.24, 2.45) is 0 Å². The fourth-order valence-electron chi connectivity index (χ4n) is 5.24. The zero-order valence-electron chi connectivity index (χ0n) is 28.5. The van der Waals surface area contributed by atoms with E-state index in [4.69, 9.17) is 23.2 Å². The second kappa shape index (κ2) is 41.1. The summed E-state index contributed by atoms with van der Waals surface area (Å²) in [5.41, 5.74) is 0. The van der Waals surface area contributed by atoms with Crippen molar-refractivity contribution < 1.29 is 19.8 Å². The van der Waals surface area contributed by atoms with Crippen LogP contribution >= 0.6 is 23.2 Å². The molecule has 0 spiro atoms. The third-order valence-corrected chi connectivity index (χ3v) is 8.91. The Morgan fingerprint density at radius 1 is 0.419 bits per heavy atom. The van der Waals surface area contributed by atoms with E-state index in [0.717, 1.165) is 25.7 Å². The van der Waals surface area contributed by atoms with Gasteiger partial charge in [-0.25, -0.2) is 0 Å². The molecule has 0 amide bonds. The molecule has 2 atom stereocenters. The van der Waals surface area contributed by atoms with Crippen LogP contribution in [0.3, 0.4) is 0 Å². The third kappa shape index (κ3) is 47.6. The van der Waals surface area contributed by atoms with Crippen LogP contribution in [-0.2, 0) is 9.59 Å². The summed E-state index contributed by atoms with van der Waals surface area (Å²) in [6.45, 7) is 4.43. The number of rotatable bonds is 32. The van der Waals surface area contributed by atoms with E-state index in [2.05, 4.69) is 13.8 Å². The summed E-state index contributed by atoms with van der Waals surface area (Å²) in [6.07, 6.45) is 34.4. The summed E-state index contributed by atoms with van der Waals surface area (Å²) in [6, 6.07) is 0. The van der Waals surface area contributed by atoms with Crippen molar-refractivity contribution in [1.82, 2.24) is 0 Å². The van der Waals surface area contributed by atoms with Crippen molar-refractivity contribution in [1.29, 1.82) is 0 Å². The molecule has 0 saturated heterocycles. The van der Waals surface area contributed by atoms with Gasteiger partial charge in [-0.2, -0.15) is 0 Å². The number of carboxylic acid groups (broad SMARTS) is 2. The minimum atomic E-state index is -0.913. The van der Waals surface area contributed by atoms with Gasteiger partial charge in [0.05, 0.1) is 0 Å². The number of hydrogen-bond acceptors (Lipinski definition) is 4. The summed E-state index contributed by atoms with van der Waals surface area (Å²) in [4.78, 5) is 20.5. The molecule has 0 fully saturated rings. The topological polar surface area (TPSA) is 80.3 Å². The van der Waals surface area contributed by atoms with E-state index in [1.54, 1.807) is 0 Å². The van der Waals surface area contributed by atoms with Crippen molar-refractivity contribution in [3.63, 3.8) is 0 Å². The van der Waals surface area contributed by atoms with Crippen LogP contribution in [0.2, 0.25) is 0 Å². The van der Waals surface area contributed by atoms with Gasteiger partial charge in [-0.15, -0.1) is 23.2 Å². The average molecular weight is 773 g/mol. The summed E-state index contributed by atoms with van der Waals surface area (Å²) < 4.78 is 0. The molecule has 0 aliphatic heterocycles. The van der Waals surface area contributed by atoms with Gasteiger partial charge in [0.15, 0.2) is 0 Å². The van der Waals surface area contributed by atoms with Crippen LogP contribution in [0.4, 0.5) is 0 Å². The van der Waals surface area contributed by atoms with E-state index >= 15 is 0 Å². The third-order valence-electron chi connectivity index (χ3n) is 8.04. The van der Waals surface area contributed by atoms with Crippen molar-refractivity contribution >= 4 is 84.0 Å². The van der Waals surface area contributed by atoms with Gasteiger partial charge in [0.2, 0.25) is 0 Å². The second-order valence-electron chi connectivity index (χ2n) is 12.4. The van der Waals surface area contributed by atoms with Crippen molar-refractivity contribution in [2.75, 3.05) is 0 Å². The van der Waals surface area contributed by atoms with Gasteiger partial charge in [-0.1, -0.05) is 155 Å². The van der Waals surface area contributed by atoms with Crippen molar-refractivity contribution in [3.05, 3.63) is 0 Å². The van der Waals surface area contributed by atoms with Crippen LogP contribution in [0.15, 0.2) is 0 Å². The predicted octanol–water partition coefficient (Wildman–Crippen LogP) is 10.0. The molecule has 0 bridgehead atoms. The average Bonchev–Trinajstić information content (AvgIpc) is 2.96. The maximum atomic E-state index is 10.2. The molecule has 0 heterocycles. The Morgan fingerprint density at radius 3 is 0.860 bits per heavy atom. The quantitative estimate of drug-likeness (QED) is 0.0388. The molecule has 0 radical (unpaired) electrons. The molecule has 7 heteroatoms. The van der Waals surface area contributed by atoms with Crippen molar-refractivity contribution in [2.45, 2.75) is 217 Å². The number of carboxylic acids is 2. The van der Waals surface area contributed by atoms with Crippen LogP contribution in [0.5, 0.6) is 0 Å². The zero-order chi connectivity index (χ0) is 31.5. The molecule has 252 valence electrons. The van der Waals surface area contributed by atoms with Gasteiger partial charge in [0.1, 0.15) is 0 Å². The second-order valence-corrected chi connectivity index (χ2v) is 13.6. The first-order valence-corrected chi connectivity index (χ1v) is 18.9. The Morgan fingerprint density at radius 2 is 0.628 bits per heavy atom. The molecule has 0 aromatic heterocycles. The minimum absolute atomic E-state index is 0. The van der Waals surface area contributed by atoms with Crippen LogP contribution in [0.1, 0.15) is 206 Å². The van der Waals surface area contributed by atoms with Gasteiger partial charge in [0, 0.05) is 22.7 Å². The van der Waals surface area contributed by atoms with Crippen LogP contribution < -0.4 is 10.2 Å². The summed E-state index contributed by atoms with van der Waals surface area (Å²) in [5, 5.41) is 21.3. The summed E-state index contributed by atoms with van der Waals surface area (Å²) in [7, 11) is 0. The van der Waals surface area contributed by atoms with Crippen molar-refractivity contribution in [3.8, 4) is 0 Å². The summed E-state index contributed by atoms with van der Waals surface area (Å²) >= 11 is 12.5. The van der Waals surface area contributed by atoms with E-state index < -0.39 is 11.9 Å². The molecule has 0 aliphatic rings. The molecule has 43 heavy (non-hydrogen) atoms. The number of aliphatic carboxylic acids is 2. The number of halogens is 2. The van der Waals surface area contributed by atoms with Crippen LogP contribution in [-0.4, -0.2) is 71.6 Å². The smallest absolute Gasteiger partial charge is 0.550 e. The molecule has 0 aromatic rings. The number of alkyl halides is 2. The maximum Gasteiger partial charge on any atom is 2.00 e.